The molecule has 0 spiro atoms. The number of aliphatic imine (C=N–C) groups is 1. The highest BCUT2D eigenvalue weighted by Crippen LogP contribution is 2.17. The molecule has 0 bridgehead atoms. The van der Waals surface area contributed by atoms with Crippen molar-refractivity contribution in [2.45, 2.75) is 38.1 Å². The minimum absolute atomic E-state index is 0. The van der Waals surface area contributed by atoms with Crippen LogP contribution in [0.5, 0.6) is 0 Å². The van der Waals surface area contributed by atoms with E-state index in [2.05, 4.69) is 15.6 Å². The summed E-state index contributed by atoms with van der Waals surface area (Å²) >= 11 is 0. The standard InChI is InChI=1S/C16H26N4O2.HI/c1-20(2)15(21)12-18-16(19-13-6-3-4-7-13)17-10-9-14-8-5-11-22-14;/h5,8,11,13H,3-4,6-7,9-10,12H2,1-2H3,(H2,17,18,19);1H. The zero-order valence-electron chi connectivity index (χ0n) is 13.9. The normalized spacial score (nSPS) is 15.1. The molecule has 7 heteroatoms. The van der Waals surface area contributed by atoms with Crippen LogP contribution in [-0.4, -0.2) is 50.0 Å². The molecule has 2 N–H and O–H groups in total. The molecule has 2 rings (SSSR count). The Balaban J connectivity index is 0.00000264. The van der Waals surface area contributed by atoms with Gasteiger partial charge in [0.2, 0.25) is 5.91 Å². The van der Waals surface area contributed by atoms with Crippen LogP contribution in [0, 0.1) is 0 Å². The van der Waals surface area contributed by atoms with E-state index >= 15 is 0 Å². The van der Waals surface area contributed by atoms with Gasteiger partial charge in [-0.2, -0.15) is 0 Å². The number of nitrogens with one attached hydrogen (secondary N) is 2. The predicted molar refractivity (Wildman–Crippen MR) is 102 cm³/mol. The van der Waals surface area contributed by atoms with E-state index in [1.165, 1.54) is 25.7 Å². The molecule has 1 heterocycles. The number of carbonyl (C=O) groups excluding carboxylic acids is 1. The van der Waals surface area contributed by atoms with Gasteiger partial charge in [0.05, 0.1) is 6.26 Å². The van der Waals surface area contributed by atoms with Gasteiger partial charge in [-0.05, 0) is 25.0 Å². The summed E-state index contributed by atoms with van der Waals surface area (Å²) in [6, 6.07) is 4.30. The Morgan fingerprint density at radius 1 is 1.39 bits per heavy atom. The lowest BCUT2D eigenvalue weighted by Crippen LogP contribution is -2.43. The van der Waals surface area contributed by atoms with Crippen LogP contribution in [0.2, 0.25) is 0 Å². The molecule has 1 saturated carbocycles. The Morgan fingerprint density at radius 3 is 2.74 bits per heavy atom. The maximum Gasteiger partial charge on any atom is 0.243 e. The molecular formula is C16H27IN4O2. The number of rotatable bonds is 6. The summed E-state index contributed by atoms with van der Waals surface area (Å²) in [5.74, 6) is 1.66. The summed E-state index contributed by atoms with van der Waals surface area (Å²) in [6.07, 6.45) is 7.32. The first-order valence-electron chi connectivity index (χ1n) is 7.92. The molecule has 0 aromatic carbocycles. The van der Waals surface area contributed by atoms with E-state index in [0.717, 1.165) is 18.7 Å². The summed E-state index contributed by atoms with van der Waals surface area (Å²) in [7, 11) is 3.48. The Kier molecular flexibility index (Phi) is 9.05. The first-order chi connectivity index (χ1) is 10.6. The van der Waals surface area contributed by atoms with Gasteiger partial charge in [-0.1, -0.05) is 12.8 Å². The molecule has 0 aliphatic heterocycles. The third-order valence-electron chi connectivity index (χ3n) is 3.81. The van der Waals surface area contributed by atoms with Gasteiger partial charge >= 0.3 is 0 Å². The predicted octanol–water partition coefficient (Wildman–Crippen LogP) is 2.01. The second-order valence-electron chi connectivity index (χ2n) is 5.83. The molecular weight excluding hydrogens is 407 g/mol. The van der Waals surface area contributed by atoms with Crippen LogP contribution in [-0.2, 0) is 11.2 Å². The summed E-state index contributed by atoms with van der Waals surface area (Å²) < 4.78 is 5.32. The molecule has 1 aromatic heterocycles. The van der Waals surface area contributed by atoms with Gasteiger partial charge in [-0.15, -0.1) is 24.0 Å². The highest BCUT2D eigenvalue weighted by Gasteiger charge is 2.16. The van der Waals surface area contributed by atoms with Crippen molar-refractivity contribution in [3.8, 4) is 0 Å². The van der Waals surface area contributed by atoms with Crippen molar-refractivity contribution in [3.63, 3.8) is 0 Å². The van der Waals surface area contributed by atoms with Crippen LogP contribution in [0.1, 0.15) is 31.4 Å². The number of carbonyl (C=O) groups is 1. The smallest absolute Gasteiger partial charge is 0.243 e. The number of furan rings is 1. The molecule has 1 aliphatic rings. The van der Waals surface area contributed by atoms with E-state index in [9.17, 15) is 4.79 Å². The van der Waals surface area contributed by atoms with E-state index in [1.54, 1.807) is 25.3 Å². The number of halogens is 1. The fourth-order valence-electron chi connectivity index (χ4n) is 2.46. The third kappa shape index (κ3) is 7.24. The lowest BCUT2D eigenvalue weighted by atomic mass is 10.2. The molecule has 1 amide bonds. The van der Waals surface area contributed by atoms with Crippen molar-refractivity contribution in [3.05, 3.63) is 24.2 Å². The van der Waals surface area contributed by atoms with E-state index in [1.807, 2.05) is 12.1 Å². The summed E-state index contributed by atoms with van der Waals surface area (Å²) in [5, 5.41) is 6.72. The zero-order valence-corrected chi connectivity index (χ0v) is 16.2. The lowest BCUT2D eigenvalue weighted by molar-refractivity contribution is -0.127. The van der Waals surface area contributed by atoms with Gasteiger partial charge in [-0.25, -0.2) is 4.99 Å². The van der Waals surface area contributed by atoms with Crippen molar-refractivity contribution in [2.75, 3.05) is 27.2 Å². The zero-order chi connectivity index (χ0) is 15.8. The van der Waals surface area contributed by atoms with Crippen LogP contribution < -0.4 is 10.6 Å². The number of hydrogen-bond acceptors (Lipinski definition) is 3. The van der Waals surface area contributed by atoms with Crippen molar-refractivity contribution < 1.29 is 9.21 Å². The monoisotopic (exact) mass is 434 g/mol. The Hall–Kier alpha value is -1.25. The summed E-state index contributed by atoms with van der Waals surface area (Å²) in [5.41, 5.74) is 0. The van der Waals surface area contributed by atoms with Crippen molar-refractivity contribution >= 4 is 35.8 Å². The fraction of sp³-hybridized carbons (Fsp3) is 0.625. The van der Waals surface area contributed by atoms with E-state index < -0.39 is 0 Å². The van der Waals surface area contributed by atoms with Crippen LogP contribution in [0.15, 0.2) is 27.8 Å². The fourth-order valence-corrected chi connectivity index (χ4v) is 2.46. The first-order valence-corrected chi connectivity index (χ1v) is 7.92. The van der Waals surface area contributed by atoms with Crippen LogP contribution in [0.4, 0.5) is 0 Å². The third-order valence-corrected chi connectivity index (χ3v) is 3.81. The molecule has 0 unspecified atom stereocenters. The van der Waals surface area contributed by atoms with Gasteiger partial charge in [0.25, 0.3) is 0 Å². The Bertz CT molecular complexity index is 482. The largest absolute Gasteiger partial charge is 0.469 e. The van der Waals surface area contributed by atoms with Crippen molar-refractivity contribution in [2.24, 2.45) is 4.99 Å². The van der Waals surface area contributed by atoms with E-state index in [-0.39, 0.29) is 36.4 Å². The number of hydrogen-bond donors (Lipinski definition) is 2. The van der Waals surface area contributed by atoms with Crippen molar-refractivity contribution in [1.82, 2.24) is 15.5 Å². The Morgan fingerprint density at radius 2 is 2.13 bits per heavy atom. The highest BCUT2D eigenvalue weighted by atomic mass is 127. The molecule has 1 aromatic rings. The average molecular weight is 434 g/mol. The summed E-state index contributed by atoms with van der Waals surface area (Å²) in [4.78, 5) is 17.6. The molecule has 1 aliphatic carbocycles. The maximum absolute atomic E-state index is 11.7. The number of amides is 1. The van der Waals surface area contributed by atoms with Gasteiger partial charge in [-0.3, -0.25) is 4.79 Å². The first kappa shape index (κ1) is 19.8. The van der Waals surface area contributed by atoms with E-state index in [0.29, 0.717) is 12.0 Å². The van der Waals surface area contributed by atoms with Crippen LogP contribution >= 0.6 is 24.0 Å². The second kappa shape index (κ2) is 10.5. The topological polar surface area (TPSA) is 69.9 Å². The van der Waals surface area contributed by atoms with Gasteiger partial charge in [0.1, 0.15) is 12.3 Å². The van der Waals surface area contributed by atoms with Crippen LogP contribution in [0.3, 0.4) is 0 Å². The molecule has 23 heavy (non-hydrogen) atoms. The number of nitrogens with zero attached hydrogens (tertiary/aromatic N) is 2. The van der Waals surface area contributed by atoms with Gasteiger partial charge in [0, 0.05) is 33.1 Å². The maximum atomic E-state index is 11.7. The Labute approximate surface area is 155 Å². The molecule has 130 valence electrons. The molecule has 1 fully saturated rings. The van der Waals surface area contributed by atoms with Crippen LogP contribution in [0.25, 0.3) is 0 Å². The minimum atomic E-state index is -0.00134. The average Bonchev–Trinajstić information content (AvgIpc) is 3.17. The number of guanidine groups is 1. The highest BCUT2D eigenvalue weighted by molar-refractivity contribution is 14.0. The lowest BCUT2D eigenvalue weighted by Gasteiger charge is -2.17. The van der Waals surface area contributed by atoms with E-state index in [4.69, 9.17) is 4.42 Å². The molecule has 0 atom stereocenters. The minimum Gasteiger partial charge on any atom is -0.469 e. The quantitative estimate of drug-likeness (QED) is 0.409. The SMILES string of the molecule is CN(C)C(=O)CN=C(NCCc1ccco1)NC1CCCC1.I. The van der Waals surface area contributed by atoms with Gasteiger partial charge < -0.3 is 20.0 Å². The number of likely N-dealkylation sites (N-methyl/N-ethyl adjacent to an activating group) is 1. The van der Waals surface area contributed by atoms with Gasteiger partial charge in [0.15, 0.2) is 5.96 Å². The molecule has 0 radical (unpaired) electrons. The molecule has 6 nitrogen and oxygen atoms in total. The molecule has 0 saturated heterocycles. The second-order valence-corrected chi connectivity index (χ2v) is 5.83. The van der Waals surface area contributed by atoms with Crippen molar-refractivity contribution in [1.29, 1.82) is 0 Å². The summed E-state index contributed by atoms with van der Waals surface area (Å²) in [6.45, 7) is 0.887.